The summed E-state index contributed by atoms with van der Waals surface area (Å²) >= 11 is 0. The first-order valence-electron chi connectivity index (χ1n) is 9.83. The molecule has 0 unspecified atom stereocenters. The van der Waals surface area contributed by atoms with Crippen molar-refractivity contribution < 1.29 is 14.3 Å². The summed E-state index contributed by atoms with van der Waals surface area (Å²) in [6, 6.07) is 7.88. The second kappa shape index (κ2) is 10.8. The summed E-state index contributed by atoms with van der Waals surface area (Å²) in [4.78, 5) is 24.5. The van der Waals surface area contributed by atoms with E-state index in [2.05, 4.69) is 17.6 Å². The first-order chi connectivity index (χ1) is 12.7. The first-order valence-corrected chi connectivity index (χ1v) is 9.83. The van der Waals surface area contributed by atoms with Crippen LogP contribution in [0.3, 0.4) is 0 Å². The summed E-state index contributed by atoms with van der Waals surface area (Å²) in [7, 11) is 1.66. The summed E-state index contributed by atoms with van der Waals surface area (Å²) < 4.78 is 5.34. The molecule has 1 aliphatic rings. The minimum absolute atomic E-state index is 0.0346. The maximum atomic E-state index is 12.4. The van der Waals surface area contributed by atoms with Crippen molar-refractivity contribution in [3.05, 3.63) is 29.8 Å². The molecule has 2 amide bonds. The molecule has 0 aromatic heterocycles. The standard InChI is InChI=1S/C21H32N2O3/c1-3-4-14-22-20(24)17-9-11-18(12-10-17)21(25)23-15-13-16-7-5-6-8-19(16)26-2/h5-8,17-18H,3-4,9-15H2,1-2H3,(H,22,24)(H,23,25). The van der Waals surface area contributed by atoms with Crippen LogP contribution in [0, 0.1) is 11.8 Å². The fourth-order valence-electron chi connectivity index (χ4n) is 3.52. The topological polar surface area (TPSA) is 67.4 Å². The van der Waals surface area contributed by atoms with Crippen LogP contribution in [0.15, 0.2) is 24.3 Å². The monoisotopic (exact) mass is 360 g/mol. The highest BCUT2D eigenvalue weighted by Crippen LogP contribution is 2.29. The molecular formula is C21H32N2O3. The van der Waals surface area contributed by atoms with Gasteiger partial charge < -0.3 is 15.4 Å². The second-order valence-electron chi connectivity index (χ2n) is 7.05. The predicted molar refractivity (Wildman–Crippen MR) is 103 cm³/mol. The zero-order valence-corrected chi connectivity index (χ0v) is 16.1. The van der Waals surface area contributed by atoms with Crippen LogP contribution in [-0.4, -0.2) is 32.0 Å². The van der Waals surface area contributed by atoms with Crippen LogP contribution in [0.1, 0.15) is 51.0 Å². The van der Waals surface area contributed by atoms with E-state index in [9.17, 15) is 9.59 Å². The Morgan fingerprint density at radius 1 is 1.00 bits per heavy atom. The van der Waals surface area contributed by atoms with Crippen molar-refractivity contribution in [1.29, 1.82) is 0 Å². The maximum absolute atomic E-state index is 12.4. The van der Waals surface area contributed by atoms with Gasteiger partial charge in [-0.15, -0.1) is 0 Å². The summed E-state index contributed by atoms with van der Waals surface area (Å²) in [6.45, 7) is 3.49. The van der Waals surface area contributed by atoms with Gasteiger partial charge in [0.1, 0.15) is 5.75 Å². The van der Waals surface area contributed by atoms with Crippen molar-refractivity contribution in [2.45, 2.75) is 51.9 Å². The van der Waals surface area contributed by atoms with Gasteiger partial charge in [0.15, 0.2) is 0 Å². The SMILES string of the molecule is CCCCNC(=O)C1CCC(C(=O)NCCc2ccccc2OC)CC1. The third kappa shape index (κ3) is 6.04. The molecule has 0 saturated heterocycles. The molecule has 0 heterocycles. The van der Waals surface area contributed by atoms with Gasteiger partial charge in [-0.1, -0.05) is 31.5 Å². The van der Waals surface area contributed by atoms with Crippen LogP contribution in [0.25, 0.3) is 0 Å². The highest BCUT2D eigenvalue weighted by molar-refractivity contribution is 5.81. The van der Waals surface area contributed by atoms with Crippen LogP contribution in [0.2, 0.25) is 0 Å². The first kappa shape index (κ1) is 20.3. The summed E-state index contributed by atoms with van der Waals surface area (Å²) in [5, 5.41) is 6.05. The third-order valence-electron chi connectivity index (χ3n) is 5.18. The Balaban J connectivity index is 1.69. The van der Waals surface area contributed by atoms with Crippen molar-refractivity contribution in [3.63, 3.8) is 0 Å². The number of hydrogen-bond acceptors (Lipinski definition) is 3. The van der Waals surface area contributed by atoms with Gasteiger partial charge in [0, 0.05) is 24.9 Å². The second-order valence-corrected chi connectivity index (χ2v) is 7.05. The molecule has 1 aliphatic carbocycles. The Kier molecular flexibility index (Phi) is 8.45. The highest BCUT2D eigenvalue weighted by atomic mass is 16.5. The molecule has 26 heavy (non-hydrogen) atoms. The summed E-state index contributed by atoms with van der Waals surface area (Å²) in [5.41, 5.74) is 1.10. The van der Waals surface area contributed by atoms with Crippen LogP contribution in [0.4, 0.5) is 0 Å². The molecule has 0 radical (unpaired) electrons. The molecule has 0 bridgehead atoms. The number of ether oxygens (including phenoxy) is 1. The normalized spacial score (nSPS) is 19.6. The van der Waals surface area contributed by atoms with E-state index in [-0.39, 0.29) is 23.7 Å². The predicted octanol–water partition coefficient (Wildman–Crippen LogP) is 3.08. The number of amides is 2. The van der Waals surface area contributed by atoms with Gasteiger partial charge in [-0.25, -0.2) is 0 Å². The lowest BCUT2D eigenvalue weighted by Gasteiger charge is -2.27. The largest absolute Gasteiger partial charge is 0.496 e. The lowest BCUT2D eigenvalue weighted by Crippen LogP contribution is -2.38. The smallest absolute Gasteiger partial charge is 0.223 e. The average molecular weight is 360 g/mol. The molecule has 1 aromatic carbocycles. The van der Waals surface area contributed by atoms with Crippen molar-refractivity contribution in [1.82, 2.24) is 10.6 Å². The lowest BCUT2D eigenvalue weighted by molar-refractivity contribution is -0.130. The molecule has 0 spiro atoms. The van der Waals surface area contributed by atoms with Crippen LogP contribution >= 0.6 is 0 Å². The Morgan fingerprint density at radius 2 is 1.58 bits per heavy atom. The van der Waals surface area contributed by atoms with Gasteiger partial charge in [-0.2, -0.15) is 0 Å². The summed E-state index contributed by atoms with van der Waals surface area (Å²) in [5.74, 6) is 1.24. The van der Waals surface area contributed by atoms with E-state index in [0.717, 1.165) is 62.8 Å². The molecule has 0 aliphatic heterocycles. The average Bonchev–Trinajstić information content (AvgIpc) is 2.68. The molecule has 5 nitrogen and oxygen atoms in total. The lowest BCUT2D eigenvalue weighted by atomic mass is 9.81. The number of nitrogens with one attached hydrogen (secondary N) is 2. The Labute approximate surface area is 156 Å². The van der Waals surface area contributed by atoms with Crippen LogP contribution in [0.5, 0.6) is 5.75 Å². The highest BCUT2D eigenvalue weighted by Gasteiger charge is 2.29. The molecule has 144 valence electrons. The van der Waals surface area contributed by atoms with Gasteiger partial charge in [0.2, 0.25) is 11.8 Å². The molecule has 5 heteroatoms. The van der Waals surface area contributed by atoms with Crippen LogP contribution in [-0.2, 0) is 16.0 Å². The summed E-state index contributed by atoms with van der Waals surface area (Å²) in [6.07, 6.45) is 6.08. The van der Waals surface area contributed by atoms with Gasteiger partial charge in [0.05, 0.1) is 7.11 Å². The quantitative estimate of drug-likeness (QED) is 0.665. The number of benzene rings is 1. The Morgan fingerprint density at radius 3 is 2.15 bits per heavy atom. The number of carbonyl (C=O) groups is 2. The molecule has 1 fully saturated rings. The van der Waals surface area contributed by atoms with Crippen LogP contribution < -0.4 is 15.4 Å². The van der Waals surface area contributed by atoms with E-state index >= 15 is 0 Å². The third-order valence-corrected chi connectivity index (χ3v) is 5.18. The minimum Gasteiger partial charge on any atom is -0.496 e. The minimum atomic E-state index is 0.0346. The van der Waals surface area contributed by atoms with E-state index < -0.39 is 0 Å². The van der Waals surface area contributed by atoms with E-state index in [4.69, 9.17) is 4.74 Å². The molecule has 0 atom stereocenters. The number of unbranched alkanes of at least 4 members (excludes halogenated alkanes) is 1. The number of rotatable bonds is 9. The van der Waals surface area contributed by atoms with Crippen molar-refractivity contribution in [2.75, 3.05) is 20.2 Å². The maximum Gasteiger partial charge on any atom is 0.223 e. The van der Waals surface area contributed by atoms with E-state index in [1.165, 1.54) is 0 Å². The van der Waals surface area contributed by atoms with E-state index in [0.29, 0.717) is 6.54 Å². The number of hydrogen-bond donors (Lipinski definition) is 2. The fraction of sp³-hybridized carbons (Fsp3) is 0.619. The van der Waals surface area contributed by atoms with Gasteiger partial charge in [-0.05, 0) is 50.2 Å². The molecular weight excluding hydrogens is 328 g/mol. The number of carbonyl (C=O) groups excluding carboxylic acids is 2. The van der Waals surface area contributed by atoms with E-state index in [1.807, 2.05) is 24.3 Å². The molecule has 2 N–H and O–H groups in total. The number of para-hydroxylation sites is 1. The van der Waals surface area contributed by atoms with E-state index in [1.54, 1.807) is 7.11 Å². The van der Waals surface area contributed by atoms with Crippen molar-refractivity contribution in [3.8, 4) is 5.75 Å². The van der Waals surface area contributed by atoms with Crippen molar-refractivity contribution in [2.24, 2.45) is 11.8 Å². The Bertz CT molecular complexity index is 580. The zero-order chi connectivity index (χ0) is 18.8. The fourth-order valence-corrected chi connectivity index (χ4v) is 3.52. The van der Waals surface area contributed by atoms with Gasteiger partial charge >= 0.3 is 0 Å². The molecule has 1 aromatic rings. The van der Waals surface area contributed by atoms with Gasteiger partial charge in [-0.3, -0.25) is 9.59 Å². The zero-order valence-electron chi connectivity index (χ0n) is 16.1. The molecule has 1 saturated carbocycles. The Hall–Kier alpha value is -2.04. The molecule has 2 rings (SSSR count). The van der Waals surface area contributed by atoms with Gasteiger partial charge in [0.25, 0.3) is 0 Å². The van der Waals surface area contributed by atoms with Crippen molar-refractivity contribution >= 4 is 11.8 Å². The number of methoxy groups -OCH3 is 1.